The summed E-state index contributed by atoms with van der Waals surface area (Å²) in [5, 5.41) is 8.69. The number of urea groups is 1. The maximum atomic E-state index is 12.3. The highest BCUT2D eigenvalue weighted by Gasteiger charge is 2.25. The molecule has 1 aliphatic rings. The van der Waals surface area contributed by atoms with Crippen LogP contribution in [0.5, 0.6) is 11.5 Å². The second-order valence-electron chi connectivity index (χ2n) is 6.40. The number of para-hydroxylation sites is 1. The van der Waals surface area contributed by atoms with E-state index in [1.807, 2.05) is 12.1 Å². The molecule has 0 aromatic heterocycles. The number of halogens is 1. The molecule has 2 aromatic rings. The number of amides is 3. The molecule has 0 heterocycles. The van der Waals surface area contributed by atoms with Crippen molar-refractivity contribution in [1.29, 1.82) is 0 Å². The second kappa shape index (κ2) is 8.84. The SMILES string of the molecule is COc1cccc(CNC(=O)Nc2ccc(Cl)c(C(=O)NC3CC3)c2)c1OC. The van der Waals surface area contributed by atoms with Gasteiger partial charge in [0.1, 0.15) is 0 Å². The van der Waals surface area contributed by atoms with E-state index in [2.05, 4.69) is 16.0 Å². The van der Waals surface area contributed by atoms with Crippen LogP contribution in [0.2, 0.25) is 5.02 Å². The maximum Gasteiger partial charge on any atom is 0.319 e. The van der Waals surface area contributed by atoms with Gasteiger partial charge in [0.15, 0.2) is 11.5 Å². The lowest BCUT2D eigenvalue weighted by Gasteiger charge is -2.14. The van der Waals surface area contributed by atoms with Gasteiger partial charge in [-0.3, -0.25) is 4.79 Å². The summed E-state index contributed by atoms with van der Waals surface area (Å²) < 4.78 is 10.6. The molecule has 7 nitrogen and oxygen atoms in total. The summed E-state index contributed by atoms with van der Waals surface area (Å²) in [6, 6.07) is 10.0. The van der Waals surface area contributed by atoms with Gasteiger partial charge < -0.3 is 25.4 Å². The summed E-state index contributed by atoms with van der Waals surface area (Å²) in [7, 11) is 3.10. The Morgan fingerprint density at radius 1 is 1.14 bits per heavy atom. The van der Waals surface area contributed by atoms with Gasteiger partial charge in [-0.1, -0.05) is 23.7 Å². The van der Waals surface area contributed by atoms with Gasteiger partial charge in [0.2, 0.25) is 0 Å². The van der Waals surface area contributed by atoms with Crippen LogP contribution in [0.25, 0.3) is 0 Å². The Balaban J connectivity index is 1.63. The largest absolute Gasteiger partial charge is 0.493 e. The fourth-order valence-electron chi connectivity index (χ4n) is 2.71. The molecule has 28 heavy (non-hydrogen) atoms. The molecule has 0 saturated heterocycles. The van der Waals surface area contributed by atoms with Crippen LogP contribution >= 0.6 is 11.6 Å². The monoisotopic (exact) mass is 403 g/mol. The molecule has 0 atom stereocenters. The van der Waals surface area contributed by atoms with Crippen LogP contribution in [0, 0.1) is 0 Å². The molecule has 1 fully saturated rings. The van der Waals surface area contributed by atoms with E-state index in [4.69, 9.17) is 21.1 Å². The van der Waals surface area contributed by atoms with Gasteiger partial charge in [0, 0.05) is 23.8 Å². The summed E-state index contributed by atoms with van der Waals surface area (Å²) in [4.78, 5) is 24.5. The average molecular weight is 404 g/mol. The minimum Gasteiger partial charge on any atom is -0.493 e. The summed E-state index contributed by atoms with van der Waals surface area (Å²) in [5.74, 6) is 0.916. The molecule has 0 spiro atoms. The molecule has 0 bridgehead atoms. The molecule has 3 N–H and O–H groups in total. The van der Waals surface area contributed by atoms with Crippen LogP contribution in [-0.2, 0) is 6.54 Å². The van der Waals surface area contributed by atoms with Crippen molar-refractivity contribution in [2.24, 2.45) is 0 Å². The average Bonchev–Trinajstić information content (AvgIpc) is 3.51. The highest BCUT2D eigenvalue weighted by atomic mass is 35.5. The third kappa shape index (κ3) is 4.86. The van der Waals surface area contributed by atoms with Crippen molar-refractivity contribution in [2.75, 3.05) is 19.5 Å². The van der Waals surface area contributed by atoms with Gasteiger partial charge in [-0.15, -0.1) is 0 Å². The fourth-order valence-corrected chi connectivity index (χ4v) is 2.91. The van der Waals surface area contributed by atoms with Gasteiger partial charge in [-0.25, -0.2) is 4.79 Å². The van der Waals surface area contributed by atoms with Gasteiger partial charge in [0.25, 0.3) is 5.91 Å². The number of ether oxygens (including phenoxy) is 2. The molecular formula is C20H22ClN3O4. The van der Waals surface area contributed by atoms with Crippen LogP contribution < -0.4 is 25.4 Å². The molecule has 0 unspecified atom stereocenters. The van der Waals surface area contributed by atoms with Gasteiger partial charge in [-0.2, -0.15) is 0 Å². The van der Waals surface area contributed by atoms with Gasteiger partial charge in [-0.05, 0) is 37.1 Å². The van der Waals surface area contributed by atoms with Crippen LogP contribution in [0.3, 0.4) is 0 Å². The first-order valence-electron chi connectivity index (χ1n) is 8.87. The summed E-state index contributed by atoms with van der Waals surface area (Å²) in [6.45, 7) is 0.245. The predicted molar refractivity (Wildman–Crippen MR) is 107 cm³/mol. The number of carbonyl (C=O) groups is 2. The second-order valence-corrected chi connectivity index (χ2v) is 6.81. The summed E-state index contributed by atoms with van der Waals surface area (Å²) in [6.07, 6.45) is 1.97. The molecule has 1 aliphatic carbocycles. The molecule has 3 rings (SSSR count). The molecule has 3 amide bonds. The van der Waals surface area contributed by atoms with Crippen molar-refractivity contribution in [3.05, 3.63) is 52.5 Å². The Morgan fingerprint density at radius 2 is 1.93 bits per heavy atom. The Hall–Kier alpha value is -2.93. The Morgan fingerprint density at radius 3 is 2.61 bits per heavy atom. The van der Waals surface area contributed by atoms with Crippen molar-refractivity contribution >= 4 is 29.2 Å². The number of methoxy groups -OCH3 is 2. The lowest BCUT2D eigenvalue weighted by atomic mass is 10.1. The molecule has 8 heteroatoms. The zero-order valence-electron chi connectivity index (χ0n) is 15.7. The van der Waals surface area contributed by atoms with Crippen LogP contribution in [0.1, 0.15) is 28.8 Å². The van der Waals surface area contributed by atoms with E-state index in [9.17, 15) is 9.59 Å². The van der Waals surface area contributed by atoms with E-state index in [0.29, 0.717) is 27.8 Å². The third-order valence-electron chi connectivity index (χ3n) is 4.31. The van der Waals surface area contributed by atoms with Gasteiger partial charge in [0.05, 0.1) is 24.8 Å². The Kier molecular flexibility index (Phi) is 6.26. The van der Waals surface area contributed by atoms with E-state index in [1.165, 1.54) is 0 Å². The number of benzene rings is 2. The van der Waals surface area contributed by atoms with Crippen LogP contribution in [-0.4, -0.2) is 32.2 Å². The zero-order chi connectivity index (χ0) is 20.1. The van der Waals surface area contributed by atoms with E-state index >= 15 is 0 Å². The maximum absolute atomic E-state index is 12.3. The number of hydrogen-bond donors (Lipinski definition) is 3. The molecule has 0 aliphatic heterocycles. The molecule has 2 aromatic carbocycles. The minimum absolute atomic E-state index is 0.223. The molecule has 0 radical (unpaired) electrons. The lowest BCUT2D eigenvalue weighted by Crippen LogP contribution is -2.29. The third-order valence-corrected chi connectivity index (χ3v) is 4.63. The van der Waals surface area contributed by atoms with Crippen LogP contribution in [0.4, 0.5) is 10.5 Å². The Bertz CT molecular complexity index is 884. The number of nitrogens with one attached hydrogen (secondary N) is 3. The number of carbonyl (C=O) groups excluding carboxylic acids is 2. The Labute approximate surface area is 168 Å². The smallest absolute Gasteiger partial charge is 0.319 e. The first-order valence-corrected chi connectivity index (χ1v) is 9.24. The molecular weight excluding hydrogens is 382 g/mol. The summed E-state index contributed by atoms with van der Waals surface area (Å²) >= 11 is 6.12. The zero-order valence-corrected chi connectivity index (χ0v) is 16.4. The van der Waals surface area contributed by atoms with E-state index < -0.39 is 6.03 Å². The van der Waals surface area contributed by atoms with Crippen molar-refractivity contribution < 1.29 is 19.1 Å². The standard InChI is InChI=1S/C20H22ClN3O4/c1-27-17-5-3-4-12(18(17)28-2)11-22-20(26)24-14-8-9-16(21)15(10-14)19(25)23-13-6-7-13/h3-5,8-10,13H,6-7,11H2,1-2H3,(H,23,25)(H2,22,24,26). The van der Waals surface area contributed by atoms with Crippen molar-refractivity contribution in [3.63, 3.8) is 0 Å². The first-order chi connectivity index (χ1) is 13.5. The van der Waals surface area contributed by atoms with E-state index in [-0.39, 0.29) is 18.5 Å². The number of hydrogen-bond acceptors (Lipinski definition) is 4. The van der Waals surface area contributed by atoms with Crippen molar-refractivity contribution in [2.45, 2.75) is 25.4 Å². The topological polar surface area (TPSA) is 88.7 Å². The van der Waals surface area contributed by atoms with Crippen molar-refractivity contribution in [1.82, 2.24) is 10.6 Å². The van der Waals surface area contributed by atoms with Crippen molar-refractivity contribution in [3.8, 4) is 11.5 Å². The van der Waals surface area contributed by atoms with Gasteiger partial charge >= 0.3 is 6.03 Å². The first kappa shape index (κ1) is 19.8. The summed E-state index contributed by atoms with van der Waals surface area (Å²) in [5.41, 5.74) is 1.58. The highest BCUT2D eigenvalue weighted by molar-refractivity contribution is 6.34. The number of anilines is 1. The lowest BCUT2D eigenvalue weighted by molar-refractivity contribution is 0.0951. The molecule has 148 valence electrons. The van der Waals surface area contributed by atoms with E-state index in [1.54, 1.807) is 38.5 Å². The molecule has 1 saturated carbocycles. The normalized spacial score (nSPS) is 12.8. The highest BCUT2D eigenvalue weighted by Crippen LogP contribution is 2.30. The van der Waals surface area contributed by atoms with E-state index in [0.717, 1.165) is 18.4 Å². The fraction of sp³-hybridized carbons (Fsp3) is 0.300. The van der Waals surface area contributed by atoms with Crippen LogP contribution in [0.15, 0.2) is 36.4 Å². The number of rotatable bonds is 7. The minimum atomic E-state index is -0.416. The quantitative estimate of drug-likeness (QED) is 0.659. The predicted octanol–water partition coefficient (Wildman–Crippen LogP) is 3.57.